The molecule has 1 aromatic carbocycles. The monoisotopic (exact) mass is 395 g/mol. The van der Waals surface area contributed by atoms with Gasteiger partial charge in [0.15, 0.2) is 0 Å². The zero-order valence-electron chi connectivity index (χ0n) is 14.4. The maximum atomic E-state index is 12.6. The molecule has 0 aliphatic carbocycles. The number of thiophene rings is 1. The average Bonchev–Trinajstić information content (AvgIpc) is 3.30. The van der Waals surface area contributed by atoms with Gasteiger partial charge in [-0.05, 0) is 29.1 Å². The minimum absolute atomic E-state index is 0.161. The molecule has 3 rings (SSSR count). The van der Waals surface area contributed by atoms with Crippen LogP contribution in [0.1, 0.15) is 23.4 Å². The Kier molecular flexibility index (Phi) is 5.59. The molecule has 27 heavy (non-hydrogen) atoms. The van der Waals surface area contributed by atoms with Gasteiger partial charge in [-0.3, -0.25) is 4.79 Å². The van der Waals surface area contributed by atoms with Crippen molar-refractivity contribution in [1.82, 2.24) is 15.0 Å². The largest absolute Gasteiger partial charge is 0.416 e. The zero-order valence-corrected chi connectivity index (χ0v) is 15.2. The smallest absolute Gasteiger partial charge is 0.341 e. The lowest BCUT2D eigenvalue weighted by Crippen LogP contribution is -2.26. The number of carbonyl (C=O) groups excluding carboxylic acids is 1. The van der Waals surface area contributed by atoms with E-state index in [4.69, 9.17) is 4.52 Å². The van der Waals surface area contributed by atoms with Crippen molar-refractivity contribution >= 4 is 17.2 Å². The maximum absolute atomic E-state index is 12.6. The van der Waals surface area contributed by atoms with Crippen LogP contribution in [0.2, 0.25) is 0 Å². The predicted molar refractivity (Wildman–Crippen MR) is 93.9 cm³/mol. The minimum Gasteiger partial charge on any atom is -0.341 e. The van der Waals surface area contributed by atoms with Crippen LogP contribution >= 0.6 is 11.3 Å². The molecule has 0 spiro atoms. The van der Waals surface area contributed by atoms with Gasteiger partial charge >= 0.3 is 6.18 Å². The van der Waals surface area contributed by atoms with Gasteiger partial charge in [-0.1, -0.05) is 23.4 Å². The van der Waals surface area contributed by atoms with Crippen molar-refractivity contribution < 1.29 is 22.5 Å². The molecule has 3 aromatic rings. The Morgan fingerprint density at radius 2 is 1.96 bits per heavy atom. The van der Waals surface area contributed by atoms with Crippen molar-refractivity contribution in [3.8, 4) is 10.7 Å². The molecule has 0 atom stereocenters. The van der Waals surface area contributed by atoms with E-state index in [0.29, 0.717) is 23.7 Å². The van der Waals surface area contributed by atoms with Gasteiger partial charge in [-0.2, -0.15) is 18.2 Å². The number of hydrogen-bond donors (Lipinski definition) is 0. The molecule has 0 aliphatic rings. The SMILES string of the molecule is CN(Cc1ccc(C(F)(F)F)cc1)C(=O)CCc1nc(-c2cccs2)no1. The fourth-order valence-electron chi connectivity index (χ4n) is 2.43. The second-order valence-corrected chi connectivity index (χ2v) is 6.88. The summed E-state index contributed by atoms with van der Waals surface area (Å²) in [6.07, 6.45) is -3.90. The van der Waals surface area contributed by atoms with Crippen molar-refractivity contribution in [3.63, 3.8) is 0 Å². The molecule has 0 N–H and O–H groups in total. The molecule has 5 nitrogen and oxygen atoms in total. The molecule has 2 heterocycles. The molecule has 0 bridgehead atoms. The van der Waals surface area contributed by atoms with Crippen molar-refractivity contribution in [2.24, 2.45) is 0 Å². The molecule has 0 saturated carbocycles. The van der Waals surface area contributed by atoms with Gasteiger partial charge in [0.25, 0.3) is 0 Å². The highest BCUT2D eigenvalue weighted by Gasteiger charge is 2.30. The highest BCUT2D eigenvalue weighted by Crippen LogP contribution is 2.29. The number of benzene rings is 1. The number of aromatic nitrogens is 2. The van der Waals surface area contributed by atoms with Crippen molar-refractivity contribution in [2.45, 2.75) is 25.6 Å². The minimum atomic E-state index is -4.37. The van der Waals surface area contributed by atoms with Gasteiger partial charge in [0.05, 0.1) is 10.4 Å². The standard InChI is InChI=1S/C18H16F3N3O2S/c1-24(11-12-4-6-13(7-5-12)18(19,20)21)16(25)9-8-15-22-17(23-26-15)14-3-2-10-27-14/h2-7,10H,8-9,11H2,1H3. The highest BCUT2D eigenvalue weighted by atomic mass is 32.1. The normalized spacial score (nSPS) is 11.6. The fourth-order valence-corrected chi connectivity index (χ4v) is 3.08. The summed E-state index contributed by atoms with van der Waals surface area (Å²) >= 11 is 1.49. The van der Waals surface area contributed by atoms with Crippen LogP contribution in [0.15, 0.2) is 46.3 Å². The lowest BCUT2D eigenvalue weighted by molar-refractivity contribution is -0.137. The first-order chi connectivity index (χ1) is 12.8. The topological polar surface area (TPSA) is 59.2 Å². The van der Waals surface area contributed by atoms with Gasteiger partial charge in [-0.15, -0.1) is 11.3 Å². The van der Waals surface area contributed by atoms with Crippen LogP contribution in [0.5, 0.6) is 0 Å². The van der Waals surface area contributed by atoms with Crippen LogP contribution in [0, 0.1) is 0 Å². The second-order valence-electron chi connectivity index (χ2n) is 5.93. The first-order valence-electron chi connectivity index (χ1n) is 8.09. The summed E-state index contributed by atoms with van der Waals surface area (Å²) in [7, 11) is 1.60. The van der Waals surface area contributed by atoms with Crippen LogP contribution in [-0.2, 0) is 23.9 Å². The lowest BCUT2D eigenvalue weighted by Gasteiger charge is -2.17. The Hall–Kier alpha value is -2.68. The number of halogens is 3. The molecule has 0 saturated heterocycles. The van der Waals surface area contributed by atoms with Crippen LogP contribution < -0.4 is 0 Å². The third kappa shape index (κ3) is 4.94. The number of nitrogens with zero attached hydrogens (tertiary/aromatic N) is 3. The Balaban J connectivity index is 1.52. The van der Waals surface area contributed by atoms with E-state index in [1.807, 2.05) is 17.5 Å². The predicted octanol–water partition coefficient (Wildman–Crippen LogP) is 4.41. The third-order valence-electron chi connectivity index (χ3n) is 3.89. The number of aryl methyl sites for hydroxylation is 1. The summed E-state index contributed by atoms with van der Waals surface area (Å²) in [6.45, 7) is 0.223. The average molecular weight is 395 g/mol. The molecular formula is C18H16F3N3O2S. The number of alkyl halides is 3. The summed E-state index contributed by atoms with van der Waals surface area (Å²) in [6, 6.07) is 8.53. The summed E-state index contributed by atoms with van der Waals surface area (Å²) in [4.78, 5) is 18.8. The third-order valence-corrected chi connectivity index (χ3v) is 4.75. The van der Waals surface area contributed by atoms with Gasteiger partial charge in [0.2, 0.25) is 17.6 Å². The van der Waals surface area contributed by atoms with Crippen LogP contribution in [0.3, 0.4) is 0 Å². The van der Waals surface area contributed by atoms with Crippen LogP contribution in [0.4, 0.5) is 13.2 Å². The second kappa shape index (κ2) is 7.91. The van der Waals surface area contributed by atoms with Gasteiger partial charge in [0, 0.05) is 26.4 Å². The lowest BCUT2D eigenvalue weighted by atomic mass is 10.1. The fraction of sp³-hybridized carbons (Fsp3) is 0.278. The van der Waals surface area contributed by atoms with Crippen LogP contribution in [-0.4, -0.2) is 28.0 Å². The summed E-state index contributed by atoms with van der Waals surface area (Å²) in [5.41, 5.74) is -0.0882. The number of hydrogen-bond acceptors (Lipinski definition) is 5. The van der Waals surface area contributed by atoms with Gasteiger partial charge in [-0.25, -0.2) is 0 Å². The van der Waals surface area contributed by atoms with Gasteiger partial charge < -0.3 is 9.42 Å². The van der Waals surface area contributed by atoms with E-state index in [1.165, 1.54) is 28.4 Å². The first kappa shape index (κ1) is 19.1. The molecule has 9 heteroatoms. The van der Waals surface area contributed by atoms with E-state index < -0.39 is 11.7 Å². The highest BCUT2D eigenvalue weighted by molar-refractivity contribution is 7.13. The Labute approximate surface area is 157 Å². The van der Waals surface area contributed by atoms with E-state index in [2.05, 4.69) is 10.1 Å². The Bertz CT molecular complexity index is 889. The molecule has 0 aliphatic heterocycles. The molecule has 142 valence electrons. The Morgan fingerprint density at radius 1 is 1.22 bits per heavy atom. The number of amides is 1. The number of rotatable bonds is 6. The summed E-state index contributed by atoms with van der Waals surface area (Å²) < 4.78 is 42.9. The van der Waals surface area contributed by atoms with E-state index in [1.54, 1.807) is 7.05 Å². The van der Waals surface area contributed by atoms with Crippen molar-refractivity contribution in [1.29, 1.82) is 0 Å². The van der Waals surface area contributed by atoms with Crippen molar-refractivity contribution in [2.75, 3.05) is 7.05 Å². The van der Waals surface area contributed by atoms with E-state index in [-0.39, 0.29) is 18.9 Å². The maximum Gasteiger partial charge on any atom is 0.416 e. The quantitative estimate of drug-likeness (QED) is 0.620. The molecule has 2 aromatic heterocycles. The van der Waals surface area contributed by atoms with E-state index in [9.17, 15) is 18.0 Å². The molecule has 0 unspecified atom stereocenters. The first-order valence-corrected chi connectivity index (χ1v) is 8.97. The van der Waals surface area contributed by atoms with E-state index >= 15 is 0 Å². The molecular weight excluding hydrogens is 379 g/mol. The van der Waals surface area contributed by atoms with Crippen LogP contribution in [0.25, 0.3) is 10.7 Å². The van der Waals surface area contributed by atoms with Gasteiger partial charge in [0.1, 0.15) is 0 Å². The zero-order chi connectivity index (χ0) is 19.4. The number of carbonyl (C=O) groups is 1. The summed E-state index contributed by atoms with van der Waals surface area (Å²) in [5.74, 6) is 0.700. The molecule has 0 radical (unpaired) electrons. The molecule has 0 fully saturated rings. The Morgan fingerprint density at radius 3 is 2.59 bits per heavy atom. The van der Waals surface area contributed by atoms with E-state index in [0.717, 1.165) is 17.0 Å². The van der Waals surface area contributed by atoms with Crippen molar-refractivity contribution in [3.05, 3.63) is 58.8 Å². The summed E-state index contributed by atoms with van der Waals surface area (Å²) in [5, 5.41) is 5.79. The molecule has 1 amide bonds.